The Hall–Kier alpha value is -1.06. The smallest absolute Gasteiger partial charge is 0.209 e. The van der Waals surface area contributed by atoms with Gasteiger partial charge in [0.15, 0.2) is 0 Å². The number of carbonyl (C=O) groups is 1. The summed E-state index contributed by atoms with van der Waals surface area (Å²) in [6, 6.07) is 0. The van der Waals surface area contributed by atoms with Crippen LogP contribution >= 0.6 is 0 Å². The molecule has 2 aliphatic heterocycles. The van der Waals surface area contributed by atoms with Gasteiger partial charge < -0.3 is 9.74 Å². The van der Waals surface area contributed by atoms with E-state index in [9.17, 15) is 4.79 Å². The maximum atomic E-state index is 10.6. The van der Waals surface area contributed by atoms with Crippen LogP contribution in [-0.4, -0.2) is 35.7 Å². The summed E-state index contributed by atoms with van der Waals surface area (Å²) in [6.07, 6.45) is 2.12. The highest BCUT2D eigenvalue weighted by molar-refractivity contribution is 5.96. The topological polar surface area (TPSA) is 41.9 Å². The van der Waals surface area contributed by atoms with Crippen molar-refractivity contribution in [1.82, 2.24) is 4.90 Å². The van der Waals surface area contributed by atoms with E-state index < -0.39 is 0 Å². The molecule has 15 heavy (non-hydrogen) atoms. The fourth-order valence-electron chi connectivity index (χ4n) is 3.46. The largest absolute Gasteiger partial charge is 0.389 e. The predicted octanol–water partition coefficient (Wildman–Crippen LogP) is 0.485. The summed E-state index contributed by atoms with van der Waals surface area (Å²) < 4.78 is 0. The van der Waals surface area contributed by atoms with Crippen LogP contribution in [0.2, 0.25) is 0 Å². The summed E-state index contributed by atoms with van der Waals surface area (Å²) >= 11 is 0. The fourth-order valence-corrected chi connectivity index (χ4v) is 3.46. The van der Waals surface area contributed by atoms with Crippen molar-refractivity contribution in [3.8, 4) is 0 Å². The second-order valence-corrected chi connectivity index (χ2v) is 5.59. The van der Waals surface area contributed by atoms with Gasteiger partial charge in [-0.15, -0.1) is 0 Å². The van der Waals surface area contributed by atoms with E-state index in [0.717, 1.165) is 25.9 Å². The van der Waals surface area contributed by atoms with Gasteiger partial charge in [-0.25, -0.2) is 0 Å². The molecular weight excluding hydrogens is 192 g/mol. The second-order valence-electron chi connectivity index (χ2n) is 5.59. The van der Waals surface area contributed by atoms with Crippen molar-refractivity contribution >= 4 is 12.1 Å². The van der Waals surface area contributed by atoms with E-state index in [1.807, 2.05) is 4.90 Å². The molecule has 2 aliphatic carbocycles. The fraction of sp³-hybridized carbons (Fsp3) is 0.818. The first-order valence-corrected chi connectivity index (χ1v) is 5.68. The van der Waals surface area contributed by atoms with Crippen LogP contribution in [0.15, 0.2) is 5.16 Å². The third kappa shape index (κ3) is 0.880. The number of amides is 1. The van der Waals surface area contributed by atoms with E-state index in [4.69, 9.17) is 4.84 Å². The third-order valence-corrected chi connectivity index (χ3v) is 4.62. The number of piperidine rings is 1. The number of nitrogens with zero attached hydrogens (tertiary/aromatic N) is 2. The lowest BCUT2D eigenvalue weighted by atomic mass is 10.1. The van der Waals surface area contributed by atoms with Gasteiger partial charge >= 0.3 is 0 Å². The first-order valence-electron chi connectivity index (χ1n) is 5.68. The minimum atomic E-state index is 0.0521. The Morgan fingerprint density at radius 1 is 1.53 bits per heavy atom. The Balaban J connectivity index is 1.49. The molecule has 4 heteroatoms. The third-order valence-electron chi connectivity index (χ3n) is 4.62. The Morgan fingerprint density at radius 3 is 2.73 bits per heavy atom. The molecule has 3 fully saturated rings. The van der Waals surface area contributed by atoms with Crippen LogP contribution in [0.5, 0.6) is 0 Å². The number of oxime groups is 1. The van der Waals surface area contributed by atoms with E-state index in [1.165, 1.54) is 5.71 Å². The lowest BCUT2D eigenvalue weighted by molar-refractivity contribution is -0.117. The molecule has 4 rings (SSSR count). The van der Waals surface area contributed by atoms with E-state index >= 15 is 0 Å². The first-order chi connectivity index (χ1) is 7.23. The van der Waals surface area contributed by atoms with Crippen LogP contribution in [0.3, 0.4) is 0 Å². The van der Waals surface area contributed by atoms with E-state index in [0.29, 0.717) is 23.7 Å². The molecule has 0 bridgehead atoms. The van der Waals surface area contributed by atoms with Crippen molar-refractivity contribution in [2.75, 3.05) is 13.1 Å². The Morgan fingerprint density at radius 2 is 2.27 bits per heavy atom. The summed E-state index contributed by atoms with van der Waals surface area (Å²) in [5.41, 5.74) is 1.36. The summed E-state index contributed by atoms with van der Waals surface area (Å²) in [4.78, 5) is 17.9. The van der Waals surface area contributed by atoms with Gasteiger partial charge in [-0.05, 0) is 18.8 Å². The monoisotopic (exact) mass is 206 g/mol. The molecule has 0 spiro atoms. The molecule has 80 valence electrons. The Bertz CT molecular complexity index is 369. The molecule has 0 N–H and O–H groups in total. The molecule has 2 saturated carbocycles. The highest BCUT2D eigenvalue weighted by Gasteiger charge is 2.68. The quantitative estimate of drug-likeness (QED) is 0.617. The summed E-state index contributed by atoms with van der Waals surface area (Å²) in [5, 5.41) is 4.24. The van der Waals surface area contributed by atoms with E-state index in [2.05, 4.69) is 12.1 Å². The Kier molecular flexibility index (Phi) is 1.19. The number of hydrogen-bond donors (Lipinski definition) is 0. The van der Waals surface area contributed by atoms with Gasteiger partial charge in [0.25, 0.3) is 0 Å². The van der Waals surface area contributed by atoms with E-state index in [1.54, 1.807) is 0 Å². The van der Waals surface area contributed by atoms with Gasteiger partial charge in [-0.3, -0.25) is 4.79 Å². The second kappa shape index (κ2) is 2.20. The van der Waals surface area contributed by atoms with Gasteiger partial charge in [0, 0.05) is 31.3 Å². The molecule has 0 radical (unpaired) electrons. The first kappa shape index (κ1) is 8.13. The van der Waals surface area contributed by atoms with Crippen LogP contribution in [-0.2, 0) is 9.63 Å². The Labute approximate surface area is 88.2 Å². The molecule has 2 unspecified atom stereocenters. The zero-order valence-corrected chi connectivity index (χ0v) is 8.72. The molecule has 0 aromatic carbocycles. The number of hydrogen-bond acceptors (Lipinski definition) is 3. The SMILES string of the molecule is C[C@@]12C[C@@H]1C(C1C3CN(C=O)CC31)=NO2. The normalized spacial score (nSPS) is 54.2. The van der Waals surface area contributed by atoms with Crippen LogP contribution in [0.4, 0.5) is 0 Å². The van der Waals surface area contributed by atoms with Crippen molar-refractivity contribution in [3.05, 3.63) is 0 Å². The number of carbonyl (C=O) groups excluding carboxylic acids is 1. The zero-order chi connectivity index (χ0) is 10.2. The lowest BCUT2D eigenvalue weighted by Gasteiger charge is -2.13. The summed E-state index contributed by atoms with van der Waals surface area (Å²) in [7, 11) is 0. The van der Waals surface area contributed by atoms with Crippen LogP contribution in [0.25, 0.3) is 0 Å². The summed E-state index contributed by atoms with van der Waals surface area (Å²) in [6.45, 7) is 4.01. The molecule has 0 aromatic heterocycles. The van der Waals surface area contributed by atoms with Crippen LogP contribution in [0, 0.1) is 23.7 Å². The lowest BCUT2D eigenvalue weighted by Crippen LogP contribution is -2.25. The maximum Gasteiger partial charge on any atom is 0.209 e. The average Bonchev–Trinajstić information content (AvgIpc) is 2.99. The standard InChI is InChI=1S/C11H14N2O2/c1-11-2-8(11)10(12-15-11)9-6-3-13(5-14)4-7(6)9/h5-9H,2-4H2,1H3/t6?,7?,8-,9?,11-/m1/s1. The van der Waals surface area contributed by atoms with Gasteiger partial charge in [0.2, 0.25) is 6.41 Å². The molecule has 1 saturated heterocycles. The molecule has 4 atom stereocenters. The highest BCUT2D eigenvalue weighted by Crippen LogP contribution is 2.61. The number of rotatable bonds is 2. The predicted molar refractivity (Wildman–Crippen MR) is 53.1 cm³/mol. The van der Waals surface area contributed by atoms with Gasteiger partial charge in [-0.2, -0.15) is 0 Å². The van der Waals surface area contributed by atoms with Crippen molar-refractivity contribution in [3.63, 3.8) is 0 Å². The van der Waals surface area contributed by atoms with Crippen molar-refractivity contribution in [2.24, 2.45) is 28.8 Å². The van der Waals surface area contributed by atoms with Gasteiger partial charge in [-0.1, -0.05) is 5.16 Å². The molecule has 1 amide bonds. The minimum Gasteiger partial charge on any atom is -0.389 e. The zero-order valence-electron chi connectivity index (χ0n) is 8.72. The number of fused-ring (bicyclic) bond motifs is 2. The maximum absolute atomic E-state index is 10.6. The molecule has 4 aliphatic rings. The minimum absolute atomic E-state index is 0.0521. The number of likely N-dealkylation sites (tertiary alicyclic amines) is 1. The van der Waals surface area contributed by atoms with E-state index in [-0.39, 0.29) is 5.60 Å². The average molecular weight is 206 g/mol. The molecule has 4 nitrogen and oxygen atoms in total. The molecular formula is C11H14N2O2. The van der Waals surface area contributed by atoms with Gasteiger partial charge in [0.05, 0.1) is 5.71 Å². The molecule has 2 heterocycles. The van der Waals surface area contributed by atoms with Crippen molar-refractivity contribution < 1.29 is 9.63 Å². The van der Waals surface area contributed by atoms with Gasteiger partial charge in [0.1, 0.15) is 5.60 Å². The van der Waals surface area contributed by atoms with Crippen molar-refractivity contribution in [1.29, 1.82) is 0 Å². The summed E-state index contributed by atoms with van der Waals surface area (Å²) in [5.74, 6) is 2.59. The highest BCUT2D eigenvalue weighted by atomic mass is 16.7. The molecule has 0 aromatic rings. The van der Waals surface area contributed by atoms with Crippen molar-refractivity contribution in [2.45, 2.75) is 18.9 Å². The van der Waals surface area contributed by atoms with Crippen LogP contribution in [0.1, 0.15) is 13.3 Å². The van der Waals surface area contributed by atoms with Crippen LogP contribution < -0.4 is 0 Å².